The average Bonchev–Trinajstić information content (AvgIpc) is 2.73. The summed E-state index contributed by atoms with van der Waals surface area (Å²) >= 11 is 0. The molecule has 0 spiro atoms. The number of rotatable bonds is 4. The van der Waals surface area contributed by atoms with Crippen molar-refractivity contribution in [3.8, 4) is 0 Å². The lowest BCUT2D eigenvalue weighted by atomic mass is 10.0. The van der Waals surface area contributed by atoms with Gasteiger partial charge in [0.15, 0.2) is 0 Å². The average molecular weight is 231 g/mol. The van der Waals surface area contributed by atoms with E-state index in [1.54, 1.807) is 4.68 Å². The topological polar surface area (TPSA) is 55.6 Å². The number of likely N-dealkylation sites (N-methyl/N-ethyl adjacent to an activating group) is 1. The normalized spacial score (nSPS) is 12.6. The monoisotopic (exact) mass is 231 g/mol. The fourth-order valence-corrected chi connectivity index (χ4v) is 1.91. The first-order valence-corrected chi connectivity index (χ1v) is 5.63. The molecule has 1 unspecified atom stereocenters. The van der Waals surface area contributed by atoms with Crippen molar-refractivity contribution < 1.29 is 0 Å². The van der Waals surface area contributed by atoms with Gasteiger partial charge >= 0.3 is 0 Å². The molecule has 0 amide bonds. The van der Waals surface area contributed by atoms with Gasteiger partial charge in [-0.25, -0.2) is 0 Å². The minimum atomic E-state index is 0.223. The Balaban J connectivity index is 2.20. The Morgan fingerprint density at radius 3 is 2.88 bits per heavy atom. The molecular formula is C12H17N5. The first-order chi connectivity index (χ1) is 8.20. The van der Waals surface area contributed by atoms with Gasteiger partial charge in [0.25, 0.3) is 0 Å². The van der Waals surface area contributed by atoms with Gasteiger partial charge in [-0.3, -0.25) is 9.67 Å². The van der Waals surface area contributed by atoms with Crippen molar-refractivity contribution in [3.05, 3.63) is 41.5 Å². The molecule has 2 aromatic rings. The van der Waals surface area contributed by atoms with E-state index >= 15 is 0 Å². The van der Waals surface area contributed by atoms with Gasteiger partial charge in [-0.1, -0.05) is 5.21 Å². The van der Waals surface area contributed by atoms with Crippen LogP contribution >= 0.6 is 0 Å². The Bertz CT molecular complexity index is 491. The largest absolute Gasteiger partial charge is 0.313 e. The fraction of sp³-hybridized carbons (Fsp3) is 0.417. The van der Waals surface area contributed by atoms with Gasteiger partial charge in [-0.05, 0) is 31.2 Å². The summed E-state index contributed by atoms with van der Waals surface area (Å²) in [7, 11) is 3.83. The molecule has 1 atom stereocenters. The van der Waals surface area contributed by atoms with Gasteiger partial charge in [0, 0.05) is 38.1 Å². The third kappa shape index (κ3) is 2.68. The molecule has 17 heavy (non-hydrogen) atoms. The molecule has 1 N–H and O–H groups in total. The molecular weight excluding hydrogens is 214 g/mol. The minimum Gasteiger partial charge on any atom is -0.313 e. The highest BCUT2D eigenvalue weighted by Gasteiger charge is 2.14. The van der Waals surface area contributed by atoms with E-state index in [0.29, 0.717) is 0 Å². The predicted octanol–water partition coefficient (Wildman–Crippen LogP) is 1.02. The van der Waals surface area contributed by atoms with Crippen LogP contribution in [-0.4, -0.2) is 27.0 Å². The van der Waals surface area contributed by atoms with Crippen LogP contribution in [0.15, 0.2) is 24.7 Å². The van der Waals surface area contributed by atoms with E-state index in [1.165, 1.54) is 11.1 Å². The molecule has 0 bridgehead atoms. The SMILES string of the molecule is CNC(Cc1cn(C)nn1)c1cnccc1C. The molecule has 2 rings (SSSR count). The Kier molecular flexibility index (Phi) is 3.49. The lowest BCUT2D eigenvalue weighted by Gasteiger charge is -2.16. The van der Waals surface area contributed by atoms with E-state index in [1.807, 2.05) is 38.8 Å². The second-order valence-electron chi connectivity index (χ2n) is 4.16. The molecule has 0 fully saturated rings. The molecule has 90 valence electrons. The van der Waals surface area contributed by atoms with Crippen molar-refractivity contribution >= 4 is 0 Å². The van der Waals surface area contributed by atoms with Crippen molar-refractivity contribution in [2.24, 2.45) is 7.05 Å². The van der Waals surface area contributed by atoms with E-state index in [-0.39, 0.29) is 6.04 Å². The number of pyridine rings is 1. The zero-order valence-electron chi connectivity index (χ0n) is 10.4. The first-order valence-electron chi connectivity index (χ1n) is 5.63. The van der Waals surface area contributed by atoms with E-state index in [2.05, 4.69) is 27.5 Å². The number of hydrogen-bond donors (Lipinski definition) is 1. The van der Waals surface area contributed by atoms with E-state index in [0.717, 1.165) is 12.1 Å². The quantitative estimate of drug-likeness (QED) is 0.853. The fourth-order valence-electron chi connectivity index (χ4n) is 1.91. The summed E-state index contributed by atoms with van der Waals surface area (Å²) in [6, 6.07) is 2.25. The van der Waals surface area contributed by atoms with Crippen LogP contribution in [-0.2, 0) is 13.5 Å². The van der Waals surface area contributed by atoms with Crippen molar-refractivity contribution in [3.63, 3.8) is 0 Å². The Morgan fingerprint density at radius 1 is 1.47 bits per heavy atom. The van der Waals surface area contributed by atoms with Crippen molar-refractivity contribution in [2.45, 2.75) is 19.4 Å². The number of aromatic nitrogens is 4. The summed E-state index contributed by atoms with van der Waals surface area (Å²) in [5.41, 5.74) is 3.43. The van der Waals surface area contributed by atoms with Crippen LogP contribution in [0.5, 0.6) is 0 Å². The Hall–Kier alpha value is -1.75. The maximum Gasteiger partial charge on any atom is 0.0845 e. The molecule has 0 saturated carbocycles. The van der Waals surface area contributed by atoms with Gasteiger partial charge < -0.3 is 5.32 Å². The second-order valence-corrected chi connectivity index (χ2v) is 4.16. The van der Waals surface area contributed by atoms with Gasteiger partial charge in [0.2, 0.25) is 0 Å². The van der Waals surface area contributed by atoms with Crippen LogP contribution in [0.25, 0.3) is 0 Å². The van der Waals surface area contributed by atoms with Crippen LogP contribution in [0.3, 0.4) is 0 Å². The molecule has 5 heteroatoms. The third-order valence-corrected chi connectivity index (χ3v) is 2.87. The smallest absolute Gasteiger partial charge is 0.0845 e. The highest BCUT2D eigenvalue weighted by Crippen LogP contribution is 2.19. The molecule has 2 aromatic heterocycles. The molecule has 0 aliphatic carbocycles. The standard InChI is InChI=1S/C12H17N5/c1-9-4-5-14-7-11(9)12(13-2)6-10-8-17(3)16-15-10/h4-5,7-8,12-13H,6H2,1-3H3. The van der Waals surface area contributed by atoms with Crippen LogP contribution in [0.2, 0.25) is 0 Å². The van der Waals surface area contributed by atoms with E-state index in [9.17, 15) is 0 Å². The molecule has 0 aliphatic heterocycles. The zero-order chi connectivity index (χ0) is 12.3. The summed E-state index contributed by atoms with van der Waals surface area (Å²) in [5, 5.41) is 11.4. The van der Waals surface area contributed by atoms with Crippen LogP contribution in [0.4, 0.5) is 0 Å². The number of hydrogen-bond acceptors (Lipinski definition) is 4. The Labute approximate surface area is 101 Å². The molecule has 5 nitrogen and oxygen atoms in total. The molecule has 0 saturated heterocycles. The second kappa shape index (κ2) is 5.05. The lowest BCUT2D eigenvalue weighted by Crippen LogP contribution is -2.20. The van der Waals surface area contributed by atoms with Gasteiger partial charge in [0.1, 0.15) is 0 Å². The summed E-state index contributed by atoms with van der Waals surface area (Å²) in [6.07, 6.45) is 6.48. The summed E-state index contributed by atoms with van der Waals surface area (Å²) in [5.74, 6) is 0. The number of nitrogens with one attached hydrogen (secondary N) is 1. The first kappa shape index (κ1) is 11.7. The van der Waals surface area contributed by atoms with Crippen LogP contribution in [0, 0.1) is 6.92 Å². The van der Waals surface area contributed by atoms with Crippen LogP contribution in [0.1, 0.15) is 22.9 Å². The zero-order valence-corrected chi connectivity index (χ0v) is 10.4. The molecule has 2 heterocycles. The lowest BCUT2D eigenvalue weighted by molar-refractivity contribution is 0.578. The molecule has 0 radical (unpaired) electrons. The summed E-state index contributed by atoms with van der Waals surface area (Å²) in [4.78, 5) is 4.18. The highest BCUT2D eigenvalue weighted by atomic mass is 15.4. The van der Waals surface area contributed by atoms with Crippen molar-refractivity contribution in [1.82, 2.24) is 25.3 Å². The van der Waals surface area contributed by atoms with Gasteiger partial charge in [0.05, 0.1) is 5.69 Å². The van der Waals surface area contributed by atoms with Crippen molar-refractivity contribution in [2.75, 3.05) is 7.05 Å². The van der Waals surface area contributed by atoms with Crippen molar-refractivity contribution in [1.29, 1.82) is 0 Å². The molecule has 0 aliphatic rings. The summed E-state index contributed by atoms with van der Waals surface area (Å²) < 4.78 is 1.72. The minimum absolute atomic E-state index is 0.223. The van der Waals surface area contributed by atoms with E-state index < -0.39 is 0 Å². The van der Waals surface area contributed by atoms with E-state index in [4.69, 9.17) is 0 Å². The number of nitrogens with zero attached hydrogens (tertiary/aromatic N) is 4. The van der Waals surface area contributed by atoms with Gasteiger partial charge in [-0.15, -0.1) is 5.10 Å². The Morgan fingerprint density at radius 2 is 2.29 bits per heavy atom. The molecule has 0 aromatic carbocycles. The summed E-state index contributed by atoms with van der Waals surface area (Å²) in [6.45, 7) is 2.10. The predicted molar refractivity (Wildman–Crippen MR) is 65.5 cm³/mol. The maximum atomic E-state index is 4.18. The number of aryl methyl sites for hydroxylation is 2. The highest BCUT2D eigenvalue weighted by molar-refractivity contribution is 5.26. The maximum absolute atomic E-state index is 4.18. The van der Waals surface area contributed by atoms with Gasteiger partial charge in [-0.2, -0.15) is 0 Å². The third-order valence-electron chi connectivity index (χ3n) is 2.87. The van der Waals surface area contributed by atoms with Crippen LogP contribution < -0.4 is 5.32 Å².